The zero-order chi connectivity index (χ0) is 17.3. The zero-order valence-corrected chi connectivity index (χ0v) is 13.0. The van der Waals surface area contributed by atoms with Gasteiger partial charge in [-0.05, 0) is 29.8 Å². The largest absolute Gasteiger partial charge is 0.481 e. The van der Waals surface area contributed by atoms with Gasteiger partial charge in [0.15, 0.2) is 6.61 Å². The van der Waals surface area contributed by atoms with Crippen LogP contribution in [-0.2, 0) is 9.59 Å². The Hall–Kier alpha value is -3.09. The second-order valence-electron chi connectivity index (χ2n) is 5.43. The first-order chi connectivity index (χ1) is 11.5. The molecule has 0 saturated heterocycles. The number of fused-ring (bicyclic) bond motifs is 1. The van der Waals surface area contributed by atoms with E-state index in [1.54, 1.807) is 25.2 Å². The lowest BCUT2D eigenvalue weighted by atomic mass is 10.1. The summed E-state index contributed by atoms with van der Waals surface area (Å²) in [6.45, 7) is -0.0375. The SMILES string of the molecule is CN1C(=O)COc2cccc(NC(C(N)=O)c3ccc(F)cc3)c21. The van der Waals surface area contributed by atoms with Gasteiger partial charge in [0.2, 0.25) is 5.91 Å². The van der Waals surface area contributed by atoms with E-state index in [9.17, 15) is 14.0 Å². The number of para-hydroxylation sites is 1. The van der Waals surface area contributed by atoms with Crippen molar-refractivity contribution in [2.75, 3.05) is 23.9 Å². The van der Waals surface area contributed by atoms with Gasteiger partial charge in [-0.3, -0.25) is 9.59 Å². The predicted octanol–water partition coefficient (Wildman–Crippen LogP) is 1.82. The zero-order valence-electron chi connectivity index (χ0n) is 13.0. The van der Waals surface area contributed by atoms with E-state index in [0.29, 0.717) is 22.7 Å². The van der Waals surface area contributed by atoms with E-state index < -0.39 is 17.8 Å². The third-order valence-electron chi connectivity index (χ3n) is 3.85. The second kappa shape index (κ2) is 6.19. The highest BCUT2D eigenvalue weighted by atomic mass is 19.1. The molecule has 0 bridgehead atoms. The number of rotatable bonds is 4. The fourth-order valence-corrected chi connectivity index (χ4v) is 2.59. The summed E-state index contributed by atoms with van der Waals surface area (Å²) in [6.07, 6.45) is 0. The number of likely N-dealkylation sites (N-methyl/N-ethyl adjacent to an activating group) is 1. The standard InChI is InChI=1S/C17H16FN3O3/c1-21-14(22)9-24-13-4-2-3-12(16(13)21)20-15(17(19)23)10-5-7-11(18)8-6-10/h2-8,15,20H,9H2,1H3,(H2,19,23). The van der Waals surface area contributed by atoms with Crippen LogP contribution in [0.4, 0.5) is 15.8 Å². The molecule has 6 nitrogen and oxygen atoms in total. The summed E-state index contributed by atoms with van der Waals surface area (Å²) in [5.41, 5.74) is 7.06. The number of nitrogens with two attached hydrogens (primary N) is 1. The van der Waals surface area contributed by atoms with Gasteiger partial charge < -0.3 is 20.7 Å². The number of nitrogens with one attached hydrogen (secondary N) is 1. The average Bonchev–Trinajstić information content (AvgIpc) is 2.57. The number of benzene rings is 2. The number of halogens is 1. The predicted molar refractivity (Wildman–Crippen MR) is 87.3 cm³/mol. The average molecular weight is 329 g/mol. The number of amides is 2. The third kappa shape index (κ3) is 2.88. The molecule has 2 amide bonds. The van der Waals surface area contributed by atoms with Crippen molar-refractivity contribution in [1.82, 2.24) is 0 Å². The van der Waals surface area contributed by atoms with Crippen LogP contribution in [0, 0.1) is 5.82 Å². The molecule has 0 fully saturated rings. The van der Waals surface area contributed by atoms with Gasteiger partial charge >= 0.3 is 0 Å². The Labute approximate surface area is 138 Å². The van der Waals surface area contributed by atoms with Gasteiger partial charge in [0.05, 0.1) is 5.69 Å². The number of carbonyl (C=O) groups is 2. The molecule has 0 saturated carbocycles. The van der Waals surface area contributed by atoms with E-state index >= 15 is 0 Å². The number of hydrogen-bond acceptors (Lipinski definition) is 4. The molecule has 1 unspecified atom stereocenters. The van der Waals surface area contributed by atoms with Crippen LogP contribution in [0.15, 0.2) is 42.5 Å². The topological polar surface area (TPSA) is 84.7 Å². The molecule has 3 N–H and O–H groups in total. The maximum absolute atomic E-state index is 13.1. The number of hydrogen-bond donors (Lipinski definition) is 2. The second-order valence-corrected chi connectivity index (χ2v) is 5.43. The first-order valence-corrected chi connectivity index (χ1v) is 7.31. The summed E-state index contributed by atoms with van der Waals surface area (Å²) in [6, 6.07) is 9.81. The van der Waals surface area contributed by atoms with Crippen molar-refractivity contribution in [2.24, 2.45) is 5.73 Å². The number of anilines is 2. The van der Waals surface area contributed by atoms with Crippen molar-refractivity contribution in [3.8, 4) is 5.75 Å². The third-order valence-corrected chi connectivity index (χ3v) is 3.85. The molecule has 1 heterocycles. The summed E-state index contributed by atoms with van der Waals surface area (Å²) >= 11 is 0. The molecule has 3 rings (SSSR count). The van der Waals surface area contributed by atoms with Crippen LogP contribution in [-0.4, -0.2) is 25.5 Å². The highest BCUT2D eigenvalue weighted by Crippen LogP contribution is 2.39. The van der Waals surface area contributed by atoms with E-state index in [-0.39, 0.29) is 12.5 Å². The number of primary amides is 1. The smallest absolute Gasteiger partial charge is 0.264 e. The quantitative estimate of drug-likeness (QED) is 0.896. The lowest BCUT2D eigenvalue weighted by Crippen LogP contribution is -2.36. The first kappa shape index (κ1) is 15.8. The Kier molecular flexibility index (Phi) is 4.07. The molecule has 0 aliphatic carbocycles. The van der Waals surface area contributed by atoms with Crippen LogP contribution in [0.3, 0.4) is 0 Å². The van der Waals surface area contributed by atoms with Gasteiger partial charge in [-0.1, -0.05) is 18.2 Å². The lowest BCUT2D eigenvalue weighted by Gasteiger charge is -2.29. The molecule has 1 aliphatic rings. The summed E-state index contributed by atoms with van der Waals surface area (Å²) in [7, 11) is 1.63. The monoisotopic (exact) mass is 329 g/mol. The van der Waals surface area contributed by atoms with E-state index in [1.165, 1.54) is 29.2 Å². The van der Waals surface area contributed by atoms with Crippen LogP contribution < -0.4 is 20.7 Å². The van der Waals surface area contributed by atoms with Crippen LogP contribution in [0.2, 0.25) is 0 Å². The van der Waals surface area contributed by atoms with Crippen LogP contribution in [0.1, 0.15) is 11.6 Å². The Morgan fingerprint density at radius 3 is 2.67 bits per heavy atom. The summed E-state index contributed by atoms with van der Waals surface area (Å²) in [5, 5.41) is 3.02. The fourth-order valence-electron chi connectivity index (χ4n) is 2.59. The van der Waals surface area contributed by atoms with Crippen LogP contribution >= 0.6 is 0 Å². The van der Waals surface area contributed by atoms with Crippen LogP contribution in [0.25, 0.3) is 0 Å². The Morgan fingerprint density at radius 2 is 2.00 bits per heavy atom. The molecule has 2 aromatic carbocycles. The molecule has 7 heteroatoms. The highest BCUT2D eigenvalue weighted by molar-refractivity contribution is 6.01. The number of carbonyl (C=O) groups excluding carboxylic acids is 2. The Morgan fingerprint density at radius 1 is 1.29 bits per heavy atom. The van der Waals surface area contributed by atoms with Crippen LogP contribution in [0.5, 0.6) is 5.75 Å². The van der Waals surface area contributed by atoms with E-state index in [0.717, 1.165) is 0 Å². The fraction of sp³-hybridized carbons (Fsp3) is 0.176. The van der Waals surface area contributed by atoms with E-state index in [4.69, 9.17) is 10.5 Å². The van der Waals surface area contributed by atoms with Crippen molar-refractivity contribution in [2.45, 2.75) is 6.04 Å². The summed E-state index contributed by atoms with van der Waals surface area (Å²) < 4.78 is 18.5. The normalized spacial score (nSPS) is 14.6. The van der Waals surface area contributed by atoms with Gasteiger partial charge in [0, 0.05) is 7.05 Å². The number of ether oxygens (including phenoxy) is 1. The highest BCUT2D eigenvalue weighted by Gasteiger charge is 2.27. The minimum atomic E-state index is -0.873. The lowest BCUT2D eigenvalue weighted by molar-refractivity contribution is -0.121. The van der Waals surface area contributed by atoms with Gasteiger partial charge in [-0.25, -0.2) is 4.39 Å². The van der Waals surface area contributed by atoms with Crippen molar-refractivity contribution >= 4 is 23.2 Å². The van der Waals surface area contributed by atoms with Crippen molar-refractivity contribution in [3.63, 3.8) is 0 Å². The first-order valence-electron chi connectivity index (χ1n) is 7.31. The van der Waals surface area contributed by atoms with Crippen molar-refractivity contribution in [3.05, 3.63) is 53.8 Å². The Bertz CT molecular complexity index is 792. The number of nitrogens with zero attached hydrogens (tertiary/aromatic N) is 1. The molecule has 0 spiro atoms. The minimum Gasteiger partial charge on any atom is -0.481 e. The summed E-state index contributed by atoms with van der Waals surface area (Å²) in [4.78, 5) is 25.2. The Balaban J connectivity index is 1.98. The van der Waals surface area contributed by atoms with Gasteiger partial charge in [0.1, 0.15) is 23.3 Å². The molecule has 1 atom stereocenters. The van der Waals surface area contributed by atoms with E-state index in [2.05, 4.69) is 5.32 Å². The van der Waals surface area contributed by atoms with Crippen molar-refractivity contribution < 1.29 is 18.7 Å². The molecule has 2 aromatic rings. The van der Waals surface area contributed by atoms with E-state index in [1.807, 2.05) is 0 Å². The molecule has 0 radical (unpaired) electrons. The molecule has 1 aliphatic heterocycles. The maximum atomic E-state index is 13.1. The molecule has 124 valence electrons. The van der Waals surface area contributed by atoms with Crippen molar-refractivity contribution in [1.29, 1.82) is 0 Å². The van der Waals surface area contributed by atoms with Gasteiger partial charge in [0.25, 0.3) is 5.91 Å². The minimum absolute atomic E-state index is 0.0375. The molecule has 24 heavy (non-hydrogen) atoms. The summed E-state index contributed by atoms with van der Waals surface area (Å²) in [5.74, 6) is -0.693. The molecule has 0 aromatic heterocycles. The molecular weight excluding hydrogens is 313 g/mol. The van der Waals surface area contributed by atoms with Gasteiger partial charge in [-0.2, -0.15) is 0 Å². The van der Waals surface area contributed by atoms with Gasteiger partial charge in [-0.15, -0.1) is 0 Å². The maximum Gasteiger partial charge on any atom is 0.264 e. The molecular formula is C17H16FN3O3.